The normalized spacial score (nSPS) is 13.1. The zero-order valence-corrected chi connectivity index (χ0v) is 48.5. The van der Waals surface area contributed by atoms with Gasteiger partial charge in [-0.3, -0.25) is 14.4 Å². The van der Waals surface area contributed by atoms with Crippen molar-refractivity contribution in [2.75, 3.05) is 13.2 Å². The summed E-state index contributed by atoms with van der Waals surface area (Å²) in [5, 5.41) is 0. The Morgan fingerprint density at radius 3 is 0.853 bits per heavy atom. The second kappa shape index (κ2) is 62.1. The molecule has 0 aliphatic heterocycles. The Hall–Kier alpha value is -4.45. The molecule has 6 nitrogen and oxygen atoms in total. The molecule has 6 heteroatoms. The van der Waals surface area contributed by atoms with Crippen LogP contribution in [0.4, 0.5) is 0 Å². The molecule has 0 heterocycles. The molecule has 0 aliphatic carbocycles. The van der Waals surface area contributed by atoms with E-state index in [1.54, 1.807) is 0 Å². The lowest BCUT2D eigenvalue weighted by atomic mass is 10.1. The van der Waals surface area contributed by atoms with Gasteiger partial charge in [-0.15, -0.1) is 0 Å². The van der Waals surface area contributed by atoms with E-state index >= 15 is 0 Å². The van der Waals surface area contributed by atoms with Gasteiger partial charge in [-0.25, -0.2) is 0 Å². The molecule has 0 saturated heterocycles. The molecule has 0 radical (unpaired) electrons. The molecule has 0 spiro atoms. The fourth-order valence-electron chi connectivity index (χ4n) is 8.08. The molecule has 0 bridgehead atoms. The van der Waals surface area contributed by atoms with E-state index in [2.05, 4.69) is 154 Å². The first-order valence-electron chi connectivity index (χ1n) is 30.7. The summed E-state index contributed by atoms with van der Waals surface area (Å²) >= 11 is 0. The average Bonchev–Trinajstić information content (AvgIpc) is 3.41. The van der Waals surface area contributed by atoms with Gasteiger partial charge in [0.25, 0.3) is 0 Å². The summed E-state index contributed by atoms with van der Waals surface area (Å²) in [4.78, 5) is 38.3. The second-order valence-corrected chi connectivity index (χ2v) is 19.8. The summed E-state index contributed by atoms with van der Waals surface area (Å²) < 4.78 is 16.9. The molecule has 0 amide bonds. The van der Waals surface area contributed by atoms with Gasteiger partial charge in [-0.2, -0.15) is 0 Å². The number of esters is 3. The SMILES string of the molecule is CC/C=C\C/C=C\C/C=C\C/C=C\C/C=C\C/C=C\CCCCCCC(=O)OCC(COC(=O)CCCC/C=C\C/C=C\C/C=C\C/C=C\CC)OC(=O)CCCCCCCCCCC/C=C\CCCCCCCC. The minimum absolute atomic E-state index is 0.109. The summed E-state index contributed by atoms with van der Waals surface area (Å²) in [6.07, 6.45) is 87.3. The van der Waals surface area contributed by atoms with Crippen molar-refractivity contribution >= 4 is 17.9 Å². The van der Waals surface area contributed by atoms with Crippen LogP contribution in [0.3, 0.4) is 0 Å². The maximum atomic E-state index is 12.9. The van der Waals surface area contributed by atoms with E-state index in [1.807, 2.05) is 0 Å². The van der Waals surface area contributed by atoms with Crippen LogP contribution in [-0.2, 0) is 28.6 Å². The number of unbranched alkanes of at least 4 members (excludes halogenated alkanes) is 21. The highest BCUT2D eigenvalue weighted by Gasteiger charge is 2.19. The fourth-order valence-corrected chi connectivity index (χ4v) is 8.08. The molecule has 1 unspecified atom stereocenters. The standard InChI is InChI=1S/C69H112O6/c1-4-7-10-13-16-19-22-25-28-30-32-33-34-35-37-38-41-44-47-50-53-56-59-62-68(71)74-65-66(64-73-67(70)61-58-55-52-49-46-43-40-27-24-21-18-15-12-9-6-3)75-69(72)63-60-57-54-51-48-45-42-39-36-31-29-26-23-20-17-14-11-8-5-2/h7,9-10,12,16,18-19,21,25-29,32-33,35,37,40-41,44,46,49,66H,4-6,8,11,13-15,17,20,22-24,30-31,34,36,38-39,42-43,45,47-48,50-65H2,1-3H3/b10-7-,12-9-,19-16-,21-18-,28-25-,29-26-,33-32-,37-35-,40-27-,44-41-,49-46-. The molecule has 424 valence electrons. The van der Waals surface area contributed by atoms with E-state index in [-0.39, 0.29) is 31.1 Å². The minimum atomic E-state index is -0.813. The van der Waals surface area contributed by atoms with Crippen LogP contribution in [-0.4, -0.2) is 37.2 Å². The molecule has 0 rings (SSSR count). The van der Waals surface area contributed by atoms with Crippen LogP contribution in [0.25, 0.3) is 0 Å². The Kier molecular flexibility index (Phi) is 58.4. The van der Waals surface area contributed by atoms with E-state index < -0.39 is 6.10 Å². The quantitative estimate of drug-likeness (QED) is 0.0261. The number of rotatable bonds is 54. The predicted octanol–water partition coefficient (Wildman–Crippen LogP) is 21.0. The number of hydrogen-bond donors (Lipinski definition) is 0. The molecule has 0 aromatic heterocycles. The summed E-state index contributed by atoms with van der Waals surface area (Å²) in [5.74, 6) is -0.976. The highest BCUT2D eigenvalue weighted by Crippen LogP contribution is 2.14. The van der Waals surface area contributed by atoms with E-state index in [0.717, 1.165) is 128 Å². The van der Waals surface area contributed by atoms with Gasteiger partial charge in [0.2, 0.25) is 0 Å². The second-order valence-electron chi connectivity index (χ2n) is 19.8. The number of carbonyl (C=O) groups excluding carboxylic acids is 3. The van der Waals surface area contributed by atoms with Crippen LogP contribution in [0.1, 0.15) is 265 Å². The molecule has 0 aromatic rings. The molecule has 0 fully saturated rings. The van der Waals surface area contributed by atoms with Gasteiger partial charge in [-0.05, 0) is 135 Å². The topological polar surface area (TPSA) is 78.9 Å². The largest absolute Gasteiger partial charge is 0.462 e. The Bertz CT molecular complexity index is 1620. The highest BCUT2D eigenvalue weighted by atomic mass is 16.6. The molecule has 0 N–H and O–H groups in total. The first-order chi connectivity index (χ1) is 37.0. The summed E-state index contributed by atoms with van der Waals surface area (Å²) in [5.41, 5.74) is 0. The number of hydrogen-bond acceptors (Lipinski definition) is 6. The van der Waals surface area contributed by atoms with Crippen molar-refractivity contribution in [1.82, 2.24) is 0 Å². The van der Waals surface area contributed by atoms with Crippen molar-refractivity contribution in [1.29, 1.82) is 0 Å². The molecule has 1 atom stereocenters. The number of carbonyl (C=O) groups is 3. The predicted molar refractivity (Wildman–Crippen MR) is 325 cm³/mol. The third kappa shape index (κ3) is 60.3. The molecular weight excluding hydrogens is 925 g/mol. The molecule has 0 aliphatic rings. The van der Waals surface area contributed by atoms with Crippen LogP contribution in [0, 0.1) is 0 Å². The Labute approximate surface area is 462 Å². The number of allylic oxidation sites excluding steroid dienone is 22. The molecule has 0 aromatic carbocycles. The summed E-state index contributed by atoms with van der Waals surface area (Å²) in [6, 6.07) is 0. The Morgan fingerprint density at radius 2 is 0.520 bits per heavy atom. The summed E-state index contributed by atoms with van der Waals surface area (Å²) in [6.45, 7) is 6.35. The van der Waals surface area contributed by atoms with Crippen molar-refractivity contribution in [3.63, 3.8) is 0 Å². The van der Waals surface area contributed by atoms with Crippen LogP contribution >= 0.6 is 0 Å². The van der Waals surface area contributed by atoms with Crippen LogP contribution in [0.15, 0.2) is 134 Å². The van der Waals surface area contributed by atoms with Crippen molar-refractivity contribution in [2.45, 2.75) is 271 Å². The van der Waals surface area contributed by atoms with Crippen molar-refractivity contribution in [2.24, 2.45) is 0 Å². The maximum absolute atomic E-state index is 12.9. The highest BCUT2D eigenvalue weighted by molar-refractivity contribution is 5.71. The zero-order chi connectivity index (χ0) is 54.3. The zero-order valence-electron chi connectivity index (χ0n) is 48.5. The monoisotopic (exact) mass is 1040 g/mol. The van der Waals surface area contributed by atoms with Gasteiger partial charge in [0.15, 0.2) is 6.10 Å². The fraction of sp³-hybridized carbons (Fsp3) is 0.638. The van der Waals surface area contributed by atoms with Gasteiger partial charge < -0.3 is 14.2 Å². The minimum Gasteiger partial charge on any atom is -0.462 e. The first-order valence-corrected chi connectivity index (χ1v) is 30.7. The van der Waals surface area contributed by atoms with Gasteiger partial charge >= 0.3 is 17.9 Å². The number of ether oxygens (including phenoxy) is 3. The Morgan fingerprint density at radius 1 is 0.280 bits per heavy atom. The van der Waals surface area contributed by atoms with Crippen LogP contribution in [0.5, 0.6) is 0 Å². The van der Waals surface area contributed by atoms with Crippen LogP contribution < -0.4 is 0 Å². The Balaban J connectivity index is 4.49. The lowest BCUT2D eigenvalue weighted by molar-refractivity contribution is -0.167. The lowest BCUT2D eigenvalue weighted by Gasteiger charge is -2.18. The van der Waals surface area contributed by atoms with Gasteiger partial charge in [-0.1, -0.05) is 244 Å². The van der Waals surface area contributed by atoms with Crippen molar-refractivity contribution in [3.8, 4) is 0 Å². The van der Waals surface area contributed by atoms with Crippen molar-refractivity contribution < 1.29 is 28.6 Å². The summed E-state index contributed by atoms with van der Waals surface area (Å²) in [7, 11) is 0. The van der Waals surface area contributed by atoms with Crippen LogP contribution in [0.2, 0.25) is 0 Å². The van der Waals surface area contributed by atoms with Gasteiger partial charge in [0.05, 0.1) is 0 Å². The van der Waals surface area contributed by atoms with E-state index in [4.69, 9.17) is 14.2 Å². The third-order valence-corrected chi connectivity index (χ3v) is 12.6. The maximum Gasteiger partial charge on any atom is 0.306 e. The third-order valence-electron chi connectivity index (χ3n) is 12.6. The average molecular weight is 1040 g/mol. The van der Waals surface area contributed by atoms with Gasteiger partial charge in [0, 0.05) is 19.3 Å². The molecule has 0 saturated carbocycles. The first kappa shape index (κ1) is 70.5. The van der Waals surface area contributed by atoms with Crippen molar-refractivity contribution in [3.05, 3.63) is 134 Å². The lowest BCUT2D eigenvalue weighted by Crippen LogP contribution is -2.30. The smallest absolute Gasteiger partial charge is 0.306 e. The van der Waals surface area contributed by atoms with E-state index in [1.165, 1.54) is 89.9 Å². The van der Waals surface area contributed by atoms with Gasteiger partial charge in [0.1, 0.15) is 13.2 Å². The molecule has 75 heavy (non-hydrogen) atoms. The van der Waals surface area contributed by atoms with E-state index in [0.29, 0.717) is 25.7 Å². The molecular formula is C69H112O6. The van der Waals surface area contributed by atoms with E-state index in [9.17, 15) is 14.4 Å².